The first kappa shape index (κ1) is 11.8. The van der Waals surface area contributed by atoms with Crippen molar-refractivity contribution in [2.24, 2.45) is 0 Å². The van der Waals surface area contributed by atoms with Gasteiger partial charge in [-0.25, -0.2) is 4.98 Å². The van der Waals surface area contributed by atoms with E-state index >= 15 is 0 Å². The van der Waals surface area contributed by atoms with Gasteiger partial charge < -0.3 is 5.32 Å². The molecule has 2 rings (SSSR count). The Balaban J connectivity index is 1.87. The zero-order chi connectivity index (χ0) is 11.4. The number of benzene rings is 1. The van der Waals surface area contributed by atoms with Crippen LogP contribution in [0.1, 0.15) is 16.1 Å². The predicted molar refractivity (Wildman–Crippen MR) is 71.5 cm³/mol. The first-order chi connectivity index (χ1) is 7.75. The monoisotopic (exact) mass is 296 g/mol. The molecule has 0 radical (unpaired) electrons. The van der Waals surface area contributed by atoms with Crippen LogP contribution in [0, 0.1) is 6.92 Å². The van der Waals surface area contributed by atoms with E-state index in [4.69, 9.17) is 0 Å². The summed E-state index contributed by atoms with van der Waals surface area (Å²) in [5, 5.41) is 6.51. The Morgan fingerprint density at radius 1 is 1.38 bits per heavy atom. The molecular weight excluding hydrogens is 284 g/mol. The average molecular weight is 297 g/mol. The van der Waals surface area contributed by atoms with Crippen molar-refractivity contribution in [3.8, 4) is 0 Å². The van der Waals surface area contributed by atoms with E-state index in [9.17, 15) is 0 Å². The Morgan fingerprint density at radius 2 is 2.25 bits per heavy atom. The number of rotatable bonds is 4. The van der Waals surface area contributed by atoms with Gasteiger partial charge in [0.1, 0.15) is 5.01 Å². The largest absolute Gasteiger partial charge is 0.306 e. The summed E-state index contributed by atoms with van der Waals surface area (Å²) in [4.78, 5) is 4.23. The van der Waals surface area contributed by atoms with Gasteiger partial charge in [0.05, 0.1) is 0 Å². The van der Waals surface area contributed by atoms with Gasteiger partial charge in [-0.2, -0.15) is 0 Å². The molecule has 1 heterocycles. The van der Waals surface area contributed by atoms with Crippen LogP contribution in [-0.4, -0.2) is 4.98 Å². The molecule has 0 unspecified atom stereocenters. The summed E-state index contributed by atoms with van der Waals surface area (Å²) in [6.07, 6.45) is 1.84. The smallest absolute Gasteiger partial charge is 0.106 e. The lowest BCUT2D eigenvalue weighted by Gasteiger charge is -2.05. The van der Waals surface area contributed by atoms with Crippen molar-refractivity contribution in [3.05, 3.63) is 50.4 Å². The fraction of sp³-hybridized carbons (Fsp3) is 0.250. The molecule has 16 heavy (non-hydrogen) atoms. The fourth-order valence-corrected chi connectivity index (χ4v) is 2.41. The highest BCUT2D eigenvalue weighted by Gasteiger charge is 1.98. The molecule has 0 atom stereocenters. The third-order valence-corrected chi connectivity index (χ3v) is 3.96. The Hall–Kier alpha value is -0.710. The van der Waals surface area contributed by atoms with E-state index in [-0.39, 0.29) is 0 Å². The number of aromatic nitrogens is 1. The van der Waals surface area contributed by atoms with E-state index in [1.807, 2.05) is 11.6 Å². The second kappa shape index (κ2) is 5.57. The van der Waals surface area contributed by atoms with Gasteiger partial charge >= 0.3 is 0 Å². The van der Waals surface area contributed by atoms with Crippen LogP contribution in [0.5, 0.6) is 0 Å². The van der Waals surface area contributed by atoms with Crippen molar-refractivity contribution in [3.63, 3.8) is 0 Å². The Morgan fingerprint density at radius 3 is 2.94 bits per heavy atom. The molecular formula is C12H13BrN2S. The molecule has 0 bridgehead atoms. The number of thiazole rings is 1. The summed E-state index contributed by atoms with van der Waals surface area (Å²) in [5.41, 5.74) is 2.55. The van der Waals surface area contributed by atoms with E-state index in [1.165, 1.54) is 15.6 Å². The van der Waals surface area contributed by atoms with Gasteiger partial charge in [0.25, 0.3) is 0 Å². The fourth-order valence-electron chi connectivity index (χ4n) is 1.40. The highest BCUT2D eigenvalue weighted by Crippen LogP contribution is 2.17. The molecule has 84 valence electrons. The summed E-state index contributed by atoms with van der Waals surface area (Å²) < 4.78 is 1.17. The maximum absolute atomic E-state index is 4.23. The molecule has 0 fully saturated rings. The first-order valence-corrected chi connectivity index (χ1v) is 6.77. The number of nitrogens with one attached hydrogen (secondary N) is 1. The molecule has 4 heteroatoms. The van der Waals surface area contributed by atoms with Crippen molar-refractivity contribution in [2.45, 2.75) is 20.0 Å². The van der Waals surface area contributed by atoms with Crippen molar-refractivity contribution < 1.29 is 0 Å². The number of nitrogens with zero attached hydrogens (tertiary/aromatic N) is 1. The molecule has 0 aliphatic heterocycles. The van der Waals surface area contributed by atoms with E-state index in [0.717, 1.165) is 18.1 Å². The number of aryl methyl sites for hydroxylation is 1. The SMILES string of the molecule is Cc1ccc(CNCc2nccs2)cc1Br. The number of hydrogen-bond donors (Lipinski definition) is 1. The second-order valence-electron chi connectivity index (χ2n) is 3.61. The Kier molecular flexibility index (Phi) is 4.09. The van der Waals surface area contributed by atoms with Gasteiger partial charge in [-0.15, -0.1) is 11.3 Å². The quantitative estimate of drug-likeness (QED) is 0.934. The van der Waals surface area contributed by atoms with Crippen molar-refractivity contribution in [2.75, 3.05) is 0 Å². The van der Waals surface area contributed by atoms with Gasteiger partial charge in [-0.3, -0.25) is 0 Å². The van der Waals surface area contributed by atoms with Crippen LogP contribution in [0.2, 0.25) is 0 Å². The van der Waals surface area contributed by atoms with Crippen LogP contribution in [0.15, 0.2) is 34.2 Å². The highest BCUT2D eigenvalue weighted by molar-refractivity contribution is 9.10. The average Bonchev–Trinajstić information content (AvgIpc) is 2.76. The van der Waals surface area contributed by atoms with Crippen LogP contribution < -0.4 is 5.32 Å². The minimum Gasteiger partial charge on any atom is -0.306 e. The number of hydrogen-bond acceptors (Lipinski definition) is 3. The zero-order valence-corrected chi connectivity index (χ0v) is 11.4. The van der Waals surface area contributed by atoms with E-state index in [1.54, 1.807) is 11.3 Å². The van der Waals surface area contributed by atoms with Crippen LogP contribution in [0.3, 0.4) is 0 Å². The molecule has 1 aromatic heterocycles. The van der Waals surface area contributed by atoms with E-state index in [2.05, 4.69) is 51.4 Å². The van der Waals surface area contributed by atoms with Gasteiger partial charge in [0, 0.05) is 29.1 Å². The van der Waals surface area contributed by atoms with Gasteiger partial charge in [0.2, 0.25) is 0 Å². The molecule has 0 saturated carbocycles. The predicted octanol–water partition coefficient (Wildman–Crippen LogP) is 3.50. The summed E-state index contributed by atoms with van der Waals surface area (Å²) in [5.74, 6) is 0. The summed E-state index contributed by atoms with van der Waals surface area (Å²) in [6.45, 7) is 3.80. The maximum atomic E-state index is 4.23. The van der Waals surface area contributed by atoms with Crippen LogP contribution >= 0.6 is 27.3 Å². The summed E-state index contributed by atoms with van der Waals surface area (Å²) in [6, 6.07) is 6.43. The molecule has 0 saturated heterocycles. The second-order valence-corrected chi connectivity index (χ2v) is 5.45. The first-order valence-electron chi connectivity index (χ1n) is 5.10. The van der Waals surface area contributed by atoms with E-state index < -0.39 is 0 Å². The molecule has 2 nitrogen and oxygen atoms in total. The minimum atomic E-state index is 0.836. The standard InChI is InChI=1S/C12H13BrN2S/c1-9-2-3-10(6-11(9)13)7-14-8-12-15-4-5-16-12/h2-6,14H,7-8H2,1H3. The third-order valence-electron chi connectivity index (χ3n) is 2.33. The third kappa shape index (κ3) is 3.14. The molecule has 1 N–H and O–H groups in total. The molecule has 0 spiro atoms. The number of halogens is 1. The minimum absolute atomic E-state index is 0.836. The van der Waals surface area contributed by atoms with Crippen molar-refractivity contribution in [1.29, 1.82) is 0 Å². The molecule has 2 aromatic rings. The lowest BCUT2D eigenvalue weighted by Crippen LogP contribution is -2.12. The van der Waals surface area contributed by atoms with Crippen LogP contribution in [0.25, 0.3) is 0 Å². The lowest BCUT2D eigenvalue weighted by atomic mass is 10.1. The lowest BCUT2D eigenvalue weighted by molar-refractivity contribution is 0.689. The van der Waals surface area contributed by atoms with Crippen molar-refractivity contribution in [1.82, 2.24) is 10.3 Å². The molecule has 0 aliphatic rings. The van der Waals surface area contributed by atoms with Gasteiger partial charge in [0.15, 0.2) is 0 Å². The van der Waals surface area contributed by atoms with Gasteiger partial charge in [-0.05, 0) is 24.1 Å². The summed E-state index contributed by atoms with van der Waals surface area (Å²) >= 11 is 5.22. The zero-order valence-electron chi connectivity index (χ0n) is 9.03. The topological polar surface area (TPSA) is 24.9 Å². The molecule has 1 aromatic carbocycles. The maximum Gasteiger partial charge on any atom is 0.106 e. The normalized spacial score (nSPS) is 10.6. The molecule has 0 aliphatic carbocycles. The summed E-state index contributed by atoms with van der Waals surface area (Å²) in [7, 11) is 0. The van der Waals surface area contributed by atoms with Crippen molar-refractivity contribution >= 4 is 27.3 Å². The van der Waals surface area contributed by atoms with Crippen LogP contribution in [0.4, 0.5) is 0 Å². The Labute approximate surface area is 108 Å². The Bertz CT molecular complexity index is 454. The highest BCUT2D eigenvalue weighted by atomic mass is 79.9. The van der Waals surface area contributed by atoms with Crippen LogP contribution in [-0.2, 0) is 13.1 Å². The van der Waals surface area contributed by atoms with Gasteiger partial charge in [-0.1, -0.05) is 28.1 Å². The molecule has 0 amide bonds. The van der Waals surface area contributed by atoms with E-state index in [0.29, 0.717) is 0 Å².